The third-order valence-corrected chi connectivity index (χ3v) is 3.58. The zero-order valence-electron chi connectivity index (χ0n) is 14.0. The van der Waals surface area contributed by atoms with Gasteiger partial charge in [0.15, 0.2) is 0 Å². The van der Waals surface area contributed by atoms with Gasteiger partial charge in [-0.2, -0.15) is 4.98 Å². The van der Waals surface area contributed by atoms with Gasteiger partial charge in [0.05, 0.1) is 0 Å². The number of aryl methyl sites for hydroxylation is 2. The lowest BCUT2D eigenvalue weighted by atomic mass is 10.1. The molecule has 0 aliphatic carbocycles. The maximum Gasteiger partial charge on any atom is 0.225 e. The Bertz CT molecular complexity index is 608. The van der Waals surface area contributed by atoms with Crippen LogP contribution < -0.4 is 10.6 Å². The molecule has 0 saturated carbocycles. The Hall–Kier alpha value is -2.10. The molecule has 22 heavy (non-hydrogen) atoms. The molecule has 1 heterocycles. The molecule has 0 unspecified atom stereocenters. The molecule has 0 aliphatic heterocycles. The number of rotatable bonds is 7. The number of nitrogens with one attached hydrogen (secondary N) is 2. The maximum atomic E-state index is 4.54. The third kappa shape index (κ3) is 5.02. The van der Waals surface area contributed by atoms with Gasteiger partial charge in [-0.1, -0.05) is 38.1 Å². The minimum atomic E-state index is 0.676. The van der Waals surface area contributed by atoms with Crippen molar-refractivity contribution in [3.63, 3.8) is 0 Å². The number of nitrogens with zero attached hydrogens (tertiary/aromatic N) is 2. The van der Waals surface area contributed by atoms with Crippen LogP contribution in [0.5, 0.6) is 0 Å². The fraction of sp³-hybridized carbons (Fsp3) is 0.444. The van der Waals surface area contributed by atoms with Crippen molar-refractivity contribution in [3.8, 4) is 0 Å². The Kier molecular flexibility index (Phi) is 5.75. The van der Waals surface area contributed by atoms with Crippen LogP contribution in [0.3, 0.4) is 0 Å². The summed E-state index contributed by atoms with van der Waals surface area (Å²) in [6.07, 6.45) is 1.13. The van der Waals surface area contributed by atoms with Gasteiger partial charge in [-0.05, 0) is 37.3 Å². The summed E-state index contributed by atoms with van der Waals surface area (Å²) in [6, 6.07) is 10.3. The molecule has 0 atom stereocenters. The molecule has 0 fully saturated rings. The maximum absolute atomic E-state index is 4.54. The molecule has 4 nitrogen and oxygen atoms in total. The summed E-state index contributed by atoms with van der Waals surface area (Å²) in [6.45, 7) is 10.2. The van der Waals surface area contributed by atoms with Gasteiger partial charge < -0.3 is 10.6 Å². The molecular formula is C18H26N4. The van der Waals surface area contributed by atoms with E-state index in [1.807, 2.05) is 13.0 Å². The lowest BCUT2D eigenvalue weighted by molar-refractivity contribution is 0.606. The van der Waals surface area contributed by atoms with Crippen LogP contribution >= 0.6 is 0 Å². The van der Waals surface area contributed by atoms with Gasteiger partial charge in [0.2, 0.25) is 5.95 Å². The first-order chi connectivity index (χ1) is 10.5. The SMILES string of the molecule is Cc1cc(NCCC(C)C)nc(NCc2ccccc2C)n1. The summed E-state index contributed by atoms with van der Waals surface area (Å²) >= 11 is 0. The van der Waals surface area contributed by atoms with Crippen LogP contribution in [0.15, 0.2) is 30.3 Å². The lowest BCUT2D eigenvalue weighted by Gasteiger charge is -2.11. The second kappa shape index (κ2) is 7.78. The van der Waals surface area contributed by atoms with Crippen molar-refractivity contribution in [1.82, 2.24) is 9.97 Å². The Labute approximate surface area is 133 Å². The summed E-state index contributed by atoms with van der Waals surface area (Å²) in [5, 5.41) is 6.70. The van der Waals surface area contributed by atoms with E-state index in [9.17, 15) is 0 Å². The van der Waals surface area contributed by atoms with E-state index in [0.29, 0.717) is 11.9 Å². The van der Waals surface area contributed by atoms with E-state index in [0.717, 1.165) is 31.0 Å². The molecule has 1 aromatic heterocycles. The Morgan fingerprint density at radius 3 is 2.55 bits per heavy atom. The topological polar surface area (TPSA) is 49.8 Å². The van der Waals surface area contributed by atoms with Gasteiger partial charge in [-0.3, -0.25) is 0 Å². The highest BCUT2D eigenvalue weighted by Gasteiger charge is 2.03. The minimum Gasteiger partial charge on any atom is -0.370 e. The van der Waals surface area contributed by atoms with Crippen molar-refractivity contribution in [3.05, 3.63) is 47.2 Å². The first-order valence-corrected chi connectivity index (χ1v) is 7.92. The smallest absolute Gasteiger partial charge is 0.225 e. The molecule has 0 radical (unpaired) electrons. The molecule has 0 saturated heterocycles. The molecule has 118 valence electrons. The predicted molar refractivity (Wildman–Crippen MR) is 93.2 cm³/mol. The first kappa shape index (κ1) is 16.3. The van der Waals surface area contributed by atoms with Crippen molar-refractivity contribution in [2.75, 3.05) is 17.2 Å². The Morgan fingerprint density at radius 1 is 1.05 bits per heavy atom. The molecular weight excluding hydrogens is 272 g/mol. The molecule has 2 rings (SSSR count). The quantitative estimate of drug-likeness (QED) is 0.805. The van der Waals surface area contributed by atoms with E-state index in [1.54, 1.807) is 0 Å². The average molecular weight is 298 g/mol. The average Bonchev–Trinajstić information content (AvgIpc) is 2.45. The van der Waals surface area contributed by atoms with Crippen LogP contribution in [0.25, 0.3) is 0 Å². The van der Waals surface area contributed by atoms with Gasteiger partial charge in [0.1, 0.15) is 5.82 Å². The van der Waals surface area contributed by atoms with E-state index in [2.05, 4.69) is 65.6 Å². The Morgan fingerprint density at radius 2 is 1.82 bits per heavy atom. The van der Waals surface area contributed by atoms with Crippen molar-refractivity contribution >= 4 is 11.8 Å². The molecule has 0 spiro atoms. The summed E-state index contributed by atoms with van der Waals surface area (Å²) in [7, 11) is 0. The number of hydrogen-bond acceptors (Lipinski definition) is 4. The molecule has 2 aromatic rings. The van der Waals surface area contributed by atoms with E-state index in [1.165, 1.54) is 11.1 Å². The first-order valence-electron chi connectivity index (χ1n) is 7.92. The van der Waals surface area contributed by atoms with Gasteiger partial charge >= 0.3 is 0 Å². The zero-order valence-corrected chi connectivity index (χ0v) is 14.0. The van der Waals surface area contributed by atoms with Crippen LogP contribution in [0, 0.1) is 19.8 Å². The molecule has 1 aromatic carbocycles. The van der Waals surface area contributed by atoms with Crippen LogP contribution in [0.1, 0.15) is 37.1 Å². The van der Waals surface area contributed by atoms with E-state index in [-0.39, 0.29) is 0 Å². The van der Waals surface area contributed by atoms with Crippen molar-refractivity contribution in [1.29, 1.82) is 0 Å². The summed E-state index contributed by atoms with van der Waals surface area (Å²) in [4.78, 5) is 9.00. The highest BCUT2D eigenvalue weighted by molar-refractivity contribution is 5.42. The van der Waals surface area contributed by atoms with Gasteiger partial charge in [0.25, 0.3) is 0 Å². The van der Waals surface area contributed by atoms with E-state index < -0.39 is 0 Å². The Balaban J connectivity index is 1.99. The standard InChI is InChI=1S/C18H26N4/c1-13(2)9-10-19-17-11-15(4)21-18(22-17)20-12-16-8-6-5-7-14(16)3/h5-8,11,13H,9-10,12H2,1-4H3,(H2,19,20,21,22). The fourth-order valence-corrected chi connectivity index (χ4v) is 2.21. The zero-order chi connectivity index (χ0) is 15.9. The molecule has 4 heteroatoms. The van der Waals surface area contributed by atoms with E-state index >= 15 is 0 Å². The van der Waals surface area contributed by atoms with Crippen LogP contribution in [-0.4, -0.2) is 16.5 Å². The third-order valence-electron chi connectivity index (χ3n) is 3.58. The van der Waals surface area contributed by atoms with Crippen LogP contribution in [0.2, 0.25) is 0 Å². The highest BCUT2D eigenvalue weighted by Crippen LogP contribution is 2.13. The molecule has 2 N–H and O–H groups in total. The van der Waals surface area contributed by atoms with Crippen molar-refractivity contribution in [2.45, 2.75) is 40.7 Å². The summed E-state index contributed by atoms with van der Waals surface area (Å²) in [5.41, 5.74) is 3.51. The van der Waals surface area contributed by atoms with Crippen molar-refractivity contribution < 1.29 is 0 Å². The van der Waals surface area contributed by atoms with Gasteiger partial charge in [0, 0.05) is 24.8 Å². The second-order valence-corrected chi connectivity index (χ2v) is 6.11. The largest absolute Gasteiger partial charge is 0.370 e. The second-order valence-electron chi connectivity index (χ2n) is 6.11. The minimum absolute atomic E-state index is 0.676. The van der Waals surface area contributed by atoms with Gasteiger partial charge in [-0.25, -0.2) is 4.98 Å². The molecule has 0 aliphatic rings. The summed E-state index contributed by atoms with van der Waals surface area (Å²) in [5.74, 6) is 2.25. The predicted octanol–water partition coefficient (Wildman–Crippen LogP) is 4.16. The number of anilines is 2. The monoisotopic (exact) mass is 298 g/mol. The normalized spacial score (nSPS) is 10.8. The number of benzene rings is 1. The van der Waals surface area contributed by atoms with Crippen LogP contribution in [0.4, 0.5) is 11.8 Å². The number of hydrogen-bond donors (Lipinski definition) is 2. The number of aromatic nitrogens is 2. The molecule has 0 amide bonds. The lowest BCUT2D eigenvalue weighted by Crippen LogP contribution is -2.10. The van der Waals surface area contributed by atoms with Gasteiger partial charge in [-0.15, -0.1) is 0 Å². The molecule has 0 bridgehead atoms. The summed E-state index contributed by atoms with van der Waals surface area (Å²) < 4.78 is 0. The highest BCUT2D eigenvalue weighted by atomic mass is 15.1. The van der Waals surface area contributed by atoms with E-state index in [4.69, 9.17) is 0 Å². The fourth-order valence-electron chi connectivity index (χ4n) is 2.21. The van der Waals surface area contributed by atoms with Crippen molar-refractivity contribution in [2.24, 2.45) is 5.92 Å². The van der Waals surface area contributed by atoms with Crippen LogP contribution in [-0.2, 0) is 6.54 Å².